The highest BCUT2D eigenvalue weighted by Crippen LogP contribution is 2.27. The molecule has 3 rings (SSSR count). The van der Waals surface area contributed by atoms with Gasteiger partial charge in [-0.3, -0.25) is 10.2 Å². The van der Waals surface area contributed by atoms with Gasteiger partial charge in [-0.15, -0.1) is 0 Å². The van der Waals surface area contributed by atoms with Crippen molar-refractivity contribution in [1.82, 2.24) is 25.5 Å². The number of dihydropyridines is 1. The van der Waals surface area contributed by atoms with E-state index >= 15 is 0 Å². The molecule has 0 amide bonds. The second-order valence-corrected chi connectivity index (χ2v) is 9.00. The first-order valence-electron chi connectivity index (χ1n) is 11.8. The summed E-state index contributed by atoms with van der Waals surface area (Å²) in [5, 5.41) is 8.95. The number of piperidine rings is 1. The Labute approximate surface area is 188 Å². The average molecular weight is 428 g/mol. The van der Waals surface area contributed by atoms with Gasteiger partial charge in [-0.2, -0.15) is 0 Å². The molecule has 172 valence electrons. The zero-order chi connectivity index (χ0) is 22.4. The second kappa shape index (κ2) is 10.9. The van der Waals surface area contributed by atoms with Crippen LogP contribution in [0.5, 0.6) is 0 Å². The Balaban J connectivity index is 1.87. The second-order valence-electron chi connectivity index (χ2n) is 9.00. The molecule has 3 aliphatic heterocycles. The number of rotatable bonds is 9. The van der Waals surface area contributed by atoms with E-state index in [1.165, 1.54) is 18.5 Å². The Morgan fingerprint density at radius 3 is 2.87 bits per heavy atom. The van der Waals surface area contributed by atoms with Crippen LogP contribution >= 0.6 is 0 Å². The standard InChI is InChI=1S/C25H41N5O/c1-7-12-29(22-11-14-30(31-19(3)4)24(16-22)26-6)25-21(8-2)15-23(17-27-25)28-13-9-10-20(5)18-28/h8,11,14-16,19-20,24,26-27H,2,7,9-10,12-13,17-18H2,1,3-6H3. The van der Waals surface area contributed by atoms with E-state index in [0.717, 1.165) is 55.6 Å². The normalized spacial score (nSPS) is 24.2. The third-order valence-corrected chi connectivity index (χ3v) is 5.97. The van der Waals surface area contributed by atoms with E-state index in [4.69, 9.17) is 4.84 Å². The molecule has 2 N–H and O–H groups in total. The van der Waals surface area contributed by atoms with Gasteiger partial charge in [0.1, 0.15) is 12.0 Å². The van der Waals surface area contributed by atoms with Crippen LogP contribution in [-0.4, -0.2) is 60.4 Å². The third kappa shape index (κ3) is 5.74. The predicted molar refractivity (Wildman–Crippen MR) is 128 cm³/mol. The van der Waals surface area contributed by atoms with Gasteiger partial charge in [0, 0.05) is 42.8 Å². The van der Waals surface area contributed by atoms with Crippen LogP contribution in [0.1, 0.15) is 47.0 Å². The van der Waals surface area contributed by atoms with Gasteiger partial charge >= 0.3 is 0 Å². The third-order valence-electron chi connectivity index (χ3n) is 5.97. The van der Waals surface area contributed by atoms with Crippen LogP contribution in [-0.2, 0) is 4.84 Å². The number of hydrogen-bond donors (Lipinski definition) is 2. The first-order valence-corrected chi connectivity index (χ1v) is 11.8. The van der Waals surface area contributed by atoms with E-state index in [9.17, 15) is 0 Å². The Hall–Kier alpha value is -2.18. The lowest BCUT2D eigenvalue weighted by molar-refractivity contribution is -0.174. The molecule has 0 saturated carbocycles. The predicted octanol–water partition coefficient (Wildman–Crippen LogP) is 3.91. The first-order chi connectivity index (χ1) is 15.0. The molecule has 2 unspecified atom stereocenters. The van der Waals surface area contributed by atoms with Crippen molar-refractivity contribution >= 4 is 0 Å². The fourth-order valence-corrected chi connectivity index (χ4v) is 4.50. The summed E-state index contributed by atoms with van der Waals surface area (Å²) in [5.41, 5.74) is 3.69. The Morgan fingerprint density at radius 1 is 1.42 bits per heavy atom. The molecular weight excluding hydrogens is 386 g/mol. The Bertz CT molecular complexity index is 751. The monoisotopic (exact) mass is 427 g/mol. The molecule has 0 aromatic rings. The maximum absolute atomic E-state index is 5.92. The Kier molecular flexibility index (Phi) is 8.27. The fourth-order valence-electron chi connectivity index (χ4n) is 4.50. The van der Waals surface area contributed by atoms with Crippen LogP contribution in [0.25, 0.3) is 0 Å². The van der Waals surface area contributed by atoms with Crippen LogP contribution in [0.2, 0.25) is 0 Å². The quantitative estimate of drug-likeness (QED) is 0.582. The van der Waals surface area contributed by atoms with Gasteiger partial charge in [0.15, 0.2) is 0 Å². The van der Waals surface area contributed by atoms with Crippen molar-refractivity contribution in [3.8, 4) is 0 Å². The van der Waals surface area contributed by atoms with Crippen LogP contribution in [0.4, 0.5) is 0 Å². The lowest BCUT2D eigenvalue weighted by atomic mass is 9.99. The van der Waals surface area contributed by atoms with Crippen molar-refractivity contribution in [1.29, 1.82) is 0 Å². The van der Waals surface area contributed by atoms with Gasteiger partial charge in [-0.1, -0.05) is 26.5 Å². The molecule has 31 heavy (non-hydrogen) atoms. The fraction of sp³-hybridized carbons (Fsp3) is 0.600. The molecule has 0 radical (unpaired) electrons. The number of hydroxylamine groups is 2. The minimum absolute atomic E-state index is 0.0148. The van der Waals surface area contributed by atoms with E-state index < -0.39 is 0 Å². The summed E-state index contributed by atoms with van der Waals surface area (Å²) < 4.78 is 0. The summed E-state index contributed by atoms with van der Waals surface area (Å²) in [6, 6.07) is 0. The average Bonchev–Trinajstić information content (AvgIpc) is 2.77. The summed E-state index contributed by atoms with van der Waals surface area (Å²) in [6.45, 7) is 16.9. The summed E-state index contributed by atoms with van der Waals surface area (Å²) in [5.74, 6) is 1.89. The first kappa shape index (κ1) is 23.5. The lowest BCUT2D eigenvalue weighted by Crippen LogP contribution is -2.45. The van der Waals surface area contributed by atoms with Crippen LogP contribution in [0.3, 0.4) is 0 Å². The Morgan fingerprint density at radius 2 is 2.23 bits per heavy atom. The van der Waals surface area contributed by atoms with Crippen LogP contribution < -0.4 is 10.6 Å². The van der Waals surface area contributed by atoms with E-state index in [1.54, 1.807) is 0 Å². The van der Waals surface area contributed by atoms with Crippen molar-refractivity contribution in [2.24, 2.45) is 5.92 Å². The van der Waals surface area contributed by atoms with Crippen molar-refractivity contribution in [3.63, 3.8) is 0 Å². The van der Waals surface area contributed by atoms with Crippen LogP contribution in [0, 0.1) is 5.92 Å². The summed E-state index contributed by atoms with van der Waals surface area (Å²) in [7, 11) is 1.96. The molecule has 3 heterocycles. The van der Waals surface area contributed by atoms with Crippen molar-refractivity contribution in [3.05, 3.63) is 59.9 Å². The number of nitrogens with one attached hydrogen (secondary N) is 2. The van der Waals surface area contributed by atoms with Gasteiger partial charge in [0.25, 0.3) is 0 Å². The van der Waals surface area contributed by atoms with E-state index in [2.05, 4.69) is 59.1 Å². The van der Waals surface area contributed by atoms with Crippen molar-refractivity contribution in [2.75, 3.05) is 33.2 Å². The molecule has 0 aliphatic carbocycles. The number of allylic oxidation sites excluding steroid dienone is 4. The molecule has 2 atom stereocenters. The highest BCUT2D eigenvalue weighted by molar-refractivity contribution is 5.42. The summed E-state index contributed by atoms with van der Waals surface area (Å²) in [6.07, 6.45) is 14.5. The number of likely N-dealkylation sites (tertiary alicyclic amines) is 1. The number of nitrogens with zero attached hydrogens (tertiary/aromatic N) is 3. The van der Waals surface area contributed by atoms with E-state index in [0.29, 0.717) is 0 Å². The summed E-state index contributed by atoms with van der Waals surface area (Å²) in [4.78, 5) is 10.8. The van der Waals surface area contributed by atoms with Gasteiger partial charge < -0.3 is 15.1 Å². The van der Waals surface area contributed by atoms with Crippen molar-refractivity contribution < 1.29 is 4.84 Å². The minimum atomic E-state index is -0.0148. The molecule has 6 nitrogen and oxygen atoms in total. The number of likely N-dealkylation sites (N-methyl/N-ethyl adjacent to an activating group) is 1. The largest absolute Gasteiger partial charge is 0.373 e. The highest BCUT2D eigenvalue weighted by atomic mass is 16.7. The molecule has 1 fully saturated rings. The molecule has 6 heteroatoms. The smallest absolute Gasteiger partial charge is 0.126 e. The molecule has 1 saturated heterocycles. The summed E-state index contributed by atoms with van der Waals surface area (Å²) >= 11 is 0. The van der Waals surface area contributed by atoms with Crippen molar-refractivity contribution in [2.45, 2.75) is 59.2 Å². The van der Waals surface area contributed by atoms with Gasteiger partial charge in [-0.05, 0) is 64.3 Å². The minimum Gasteiger partial charge on any atom is -0.373 e. The molecule has 3 aliphatic rings. The van der Waals surface area contributed by atoms with Crippen LogP contribution in [0.15, 0.2) is 59.9 Å². The molecule has 0 aromatic heterocycles. The van der Waals surface area contributed by atoms with Gasteiger partial charge in [0.05, 0.1) is 12.6 Å². The maximum Gasteiger partial charge on any atom is 0.126 e. The van der Waals surface area contributed by atoms with Gasteiger partial charge in [-0.25, -0.2) is 5.06 Å². The van der Waals surface area contributed by atoms with E-state index in [-0.39, 0.29) is 12.3 Å². The zero-order valence-electron chi connectivity index (χ0n) is 20.0. The van der Waals surface area contributed by atoms with Gasteiger partial charge in [0.2, 0.25) is 0 Å². The SMILES string of the molecule is C=CC1=C(N(CCC)C2=CC(NC)N(OC(C)C)C=C2)NCC(N2CCCC(C)C2)=C1. The topological polar surface area (TPSA) is 43.0 Å². The molecule has 0 bridgehead atoms. The zero-order valence-corrected chi connectivity index (χ0v) is 20.0. The maximum atomic E-state index is 5.92. The van der Waals surface area contributed by atoms with E-state index in [1.807, 2.05) is 38.2 Å². The lowest BCUT2D eigenvalue weighted by Gasteiger charge is -2.40. The molecule has 0 spiro atoms. The molecule has 0 aromatic carbocycles. The number of hydrogen-bond acceptors (Lipinski definition) is 6. The highest BCUT2D eigenvalue weighted by Gasteiger charge is 2.26. The molecular formula is C25H41N5O.